The van der Waals surface area contributed by atoms with E-state index >= 15 is 0 Å². The molecule has 0 aliphatic heterocycles. The summed E-state index contributed by atoms with van der Waals surface area (Å²) in [6.45, 7) is 4.74. The molecule has 2 aliphatic rings. The molecule has 7 aromatic carbocycles. The Morgan fingerprint density at radius 3 is 1.48 bits per heavy atom. The number of aromatic nitrogens is 2. The number of hydrogen-bond acceptors (Lipinski definition) is 2. The zero-order chi connectivity index (χ0) is 34.9. The molecule has 0 saturated heterocycles. The SMILES string of the molecule is CC1(C)c2ccccc2C2(c3ccccc3-c3c(-c4nc(-c5ccccc5)cc(-c5cccc(-c6ccccc6)c5)n4)cccc32)c2ccccc21. The lowest BCUT2D eigenvalue weighted by Gasteiger charge is -2.46. The summed E-state index contributed by atoms with van der Waals surface area (Å²) in [4.78, 5) is 10.8. The van der Waals surface area contributed by atoms with Crippen LogP contribution in [0.15, 0.2) is 182 Å². The van der Waals surface area contributed by atoms with E-state index in [0.29, 0.717) is 0 Å². The Hall–Kier alpha value is -6.38. The summed E-state index contributed by atoms with van der Waals surface area (Å²) >= 11 is 0. The van der Waals surface area contributed by atoms with Crippen LogP contribution < -0.4 is 0 Å². The van der Waals surface area contributed by atoms with Crippen molar-refractivity contribution in [3.63, 3.8) is 0 Å². The van der Waals surface area contributed by atoms with Gasteiger partial charge in [0.15, 0.2) is 5.82 Å². The minimum atomic E-state index is -0.478. The first-order chi connectivity index (χ1) is 25.5. The van der Waals surface area contributed by atoms with Gasteiger partial charge in [0.1, 0.15) is 0 Å². The molecule has 1 heterocycles. The molecule has 1 aromatic heterocycles. The van der Waals surface area contributed by atoms with Gasteiger partial charge in [0, 0.05) is 22.1 Å². The molecular formula is C50H36N2. The van der Waals surface area contributed by atoms with Gasteiger partial charge in [-0.2, -0.15) is 0 Å². The maximum Gasteiger partial charge on any atom is 0.161 e. The van der Waals surface area contributed by atoms with Crippen molar-refractivity contribution in [2.45, 2.75) is 24.7 Å². The van der Waals surface area contributed by atoms with Gasteiger partial charge in [0.25, 0.3) is 0 Å². The van der Waals surface area contributed by atoms with Crippen LogP contribution in [0.5, 0.6) is 0 Å². The fourth-order valence-corrected chi connectivity index (χ4v) is 9.06. The Morgan fingerprint density at radius 1 is 0.346 bits per heavy atom. The molecule has 0 bridgehead atoms. The molecule has 0 saturated carbocycles. The average molecular weight is 665 g/mol. The van der Waals surface area contributed by atoms with Gasteiger partial charge >= 0.3 is 0 Å². The average Bonchev–Trinajstić information content (AvgIpc) is 3.52. The van der Waals surface area contributed by atoms with E-state index in [4.69, 9.17) is 9.97 Å². The summed E-state index contributed by atoms with van der Waals surface area (Å²) in [7, 11) is 0. The largest absolute Gasteiger partial charge is 0.228 e. The number of fused-ring (bicyclic) bond motifs is 9. The normalized spacial score (nSPS) is 14.3. The molecule has 2 aliphatic carbocycles. The fourth-order valence-electron chi connectivity index (χ4n) is 9.06. The van der Waals surface area contributed by atoms with Gasteiger partial charge in [0.05, 0.1) is 16.8 Å². The molecule has 0 N–H and O–H groups in total. The molecule has 0 radical (unpaired) electrons. The van der Waals surface area contributed by atoms with Crippen molar-refractivity contribution < 1.29 is 0 Å². The molecule has 2 nitrogen and oxygen atoms in total. The van der Waals surface area contributed by atoms with Crippen LogP contribution in [-0.2, 0) is 10.8 Å². The van der Waals surface area contributed by atoms with Gasteiger partial charge in [-0.05, 0) is 67.8 Å². The third kappa shape index (κ3) is 4.37. The van der Waals surface area contributed by atoms with Crippen molar-refractivity contribution in [2.75, 3.05) is 0 Å². The van der Waals surface area contributed by atoms with Gasteiger partial charge in [-0.25, -0.2) is 9.97 Å². The Balaban J connectivity index is 1.26. The summed E-state index contributed by atoms with van der Waals surface area (Å²) in [6, 6.07) is 65.8. The molecule has 0 amide bonds. The van der Waals surface area contributed by atoms with E-state index in [-0.39, 0.29) is 5.41 Å². The van der Waals surface area contributed by atoms with Crippen molar-refractivity contribution in [3.8, 4) is 56.2 Å². The summed E-state index contributed by atoms with van der Waals surface area (Å²) in [5.74, 6) is 0.725. The molecular weight excluding hydrogens is 629 g/mol. The monoisotopic (exact) mass is 664 g/mol. The number of nitrogens with zero attached hydrogens (tertiary/aromatic N) is 2. The van der Waals surface area contributed by atoms with Gasteiger partial charge in [-0.15, -0.1) is 0 Å². The molecule has 0 unspecified atom stereocenters. The van der Waals surface area contributed by atoms with Crippen molar-refractivity contribution in [1.82, 2.24) is 9.97 Å². The summed E-state index contributed by atoms with van der Waals surface area (Å²) in [6.07, 6.45) is 0. The van der Waals surface area contributed by atoms with Crippen LogP contribution in [0.25, 0.3) is 56.2 Å². The van der Waals surface area contributed by atoms with Crippen LogP contribution >= 0.6 is 0 Å². The van der Waals surface area contributed by atoms with Crippen LogP contribution in [0.3, 0.4) is 0 Å². The highest BCUT2D eigenvalue weighted by Gasteiger charge is 2.53. The summed E-state index contributed by atoms with van der Waals surface area (Å²) in [5, 5.41) is 0. The lowest BCUT2D eigenvalue weighted by molar-refractivity contribution is 0.563. The first kappa shape index (κ1) is 30.4. The van der Waals surface area contributed by atoms with Crippen LogP contribution in [0, 0.1) is 0 Å². The molecule has 10 rings (SSSR count). The van der Waals surface area contributed by atoms with Crippen LogP contribution in [0.1, 0.15) is 47.2 Å². The third-order valence-electron chi connectivity index (χ3n) is 11.4. The smallest absolute Gasteiger partial charge is 0.161 e. The maximum atomic E-state index is 5.42. The molecule has 2 heteroatoms. The second-order valence-corrected chi connectivity index (χ2v) is 14.5. The Kier molecular flexibility index (Phi) is 6.78. The molecule has 1 spiro atoms. The molecule has 246 valence electrons. The number of benzene rings is 7. The molecule has 8 aromatic rings. The topological polar surface area (TPSA) is 25.8 Å². The molecule has 0 fully saturated rings. The predicted molar refractivity (Wildman–Crippen MR) is 213 cm³/mol. The van der Waals surface area contributed by atoms with Crippen LogP contribution in [-0.4, -0.2) is 9.97 Å². The standard InChI is InChI=1S/C50H36N2/c1-49(2)40-26-11-13-28-42(40)50(43-29-14-12-27-41(43)49)39-25-10-9-23-37(39)47-38(24-16-30-44(47)50)48-51-45(34-19-7-4-8-20-34)32-46(52-48)36-22-15-21-35(31-36)33-17-5-3-6-18-33/h3-32H,1-2H3. The van der Waals surface area contributed by atoms with Gasteiger partial charge in [-0.3, -0.25) is 0 Å². The number of hydrogen-bond donors (Lipinski definition) is 0. The van der Waals surface area contributed by atoms with E-state index in [1.54, 1.807) is 0 Å². The Morgan fingerprint density at radius 2 is 0.808 bits per heavy atom. The van der Waals surface area contributed by atoms with E-state index < -0.39 is 5.41 Å². The van der Waals surface area contributed by atoms with Gasteiger partial charge in [-0.1, -0.05) is 184 Å². The van der Waals surface area contributed by atoms with E-state index in [2.05, 4.69) is 196 Å². The Labute approximate surface area is 305 Å². The second kappa shape index (κ2) is 11.6. The fraction of sp³-hybridized carbons (Fsp3) is 0.0800. The molecule has 52 heavy (non-hydrogen) atoms. The van der Waals surface area contributed by atoms with E-state index in [1.807, 2.05) is 0 Å². The Bertz CT molecular complexity index is 2600. The van der Waals surface area contributed by atoms with Crippen molar-refractivity contribution in [1.29, 1.82) is 0 Å². The zero-order valence-electron chi connectivity index (χ0n) is 29.2. The van der Waals surface area contributed by atoms with E-state index in [0.717, 1.165) is 39.5 Å². The highest BCUT2D eigenvalue weighted by molar-refractivity contribution is 5.96. The lowest BCUT2D eigenvalue weighted by Crippen LogP contribution is -2.40. The summed E-state index contributed by atoms with van der Waals surface area (Å²) in [5.41, 5.74) is 17.1. The summed E-state index contributed by atoms with van der Waals surface area (Å²) < 4.78 is 0. The van der Waals surface area contributed by atoms with Crippen molar-refractivity contribution >= 4 is 0 Å². The van der Waals surface area contributed by atoms with E-state index in [9.17, 15) is 0 Å². The van der Waals surface area contributed by atoms with Gasteiger partial charge in [0.2, 0.25) is 0 Å². The van der Waals surface area contributed by atoms with Crippen molar-refractivity contribution in [3.05, 3.63) is 215 Å². The number of rotatable bonds is 4. The van der Waals surface area contributed by atoms with Crippen LogP contribution in [0.2, 0.25) is 0 Å². The predicted octanol–water partition coefficient (Wildman–Crippen LogP) is 12.1. The molecule has 0 atom stereocenters. The first-order valence-corrected chi connectivity index (χ1v) is 18.1. The van der Waals surface area contributed by atoms with Crippen LogP contribution in [0.4, 0.5) is 0 Å². The first-order valence-electron chi connectivity index (χ1n) is 18.1. The highest BCUT2D eigenvalue weighted by Crippen LogP contribution is 2.63. The highest BCUT2D eigenvalue weighted by atomic mass is 14.9. The maximum absolute atomic E-state index is 5.42. The van der Waals surface area contributed by atoms with E-state index in [1.165, 1.54) is 50.1 Å². The second-order valence-electron chi connectivity index (χ2n) is 14.5. The van der Waals surface area contributed by atoms with Crippen molar-refractivity contribution in [2.24, 2.45) is 0 Å². The zero-order valence-corrected chi connectivity index (χ0v) is 29.2. The third-order valence-corrected chi connectivity index (χ3v) is 11.4. The minimum absolute atomic E-state index is 0.149. The lowest BCUT2D eigenvalue weighted by atomic mass is 9.55. The minimum Gasteiger partial charge on any atom is -0.228 e. The van der Waals surface area contributed by atoms with Gasteiger partial charge < -0.3 is 0 Å². The quantitative estimate of drug-likeness (QED) is 0.187.